The third kappa shape index (κ3) is 2.41. The molecular formula is C15H12BrFN2O. The minimum Gasteiger partial charge on any atom is -0.384 e. The highest BCUT2D eigenvalue weighted by Crippen LogP contribution is 2.27. The van der Waals surface area contributed by atoms with Crippen LogP contribution in [0.1, 0.15) is 15.9 Å². The highest BCUT2D eigenvalue weighted by molar-refractivity contribution is 9.10. The van der Waals surface area contributed by atoms with Crippen LogP contribution in [0.15, 0.2) is 40.9 Å². The molecule has 0 aromatic heterocycles. The minimum absolute atomic E-state index is 0.163. The zero-order valence-corrected chi connectivity index (χ0v) is 12.1. The topological polar surface area (TPSA) is 41.1 Å². The molecule has 2 N–H and O–H groups in total. The van der Waals surface area contributed by atoms with Crippen LogP contribution in [0, 0.1) is 5.82 Å². The first-order valence-electron chi connectivity index (χ1n) is 6.27. The van der Waals surface area contributed by atoms with Crippen LogP contribution in [-0.4, -0.2) is 12.5 Å². The van der Waals surface area contributed by atoms with Crippen LogP contribution in [0.4, 0.5) is 15.8 Å². The summed E-state index contributed by atoms with van der Waals surface area (Å²) in [6, 6.07) is 10.0. The van der Waals surface area contributed by atoms with Gasteiger partial charge in [0.05, 0.1) is 5.69 Å². The molecule has 3 rings (SSSR count). The SMILES string of the molecule is O=C(Nc1c(F)cccc1Br)c1ccc2c(c1)CCN2. The number of carbonyl (C=O) groups excluding carboxylic acids is 1. The molecule has 20 heavy (non-hydrogen) atoms. The van der Waals surface area contributed by atoms with E-state index in [9.17, 15) is 9.18 Å². The Hall–Kier alpha value is -1.88. The maximum Gasteiger partial charge on any atom is 0.255 e. The average Bonchev–Trinajstić information content (AvgIpc) is 2.90. The molecule has 1 heterocycles. The maximum atomic E-state index is 13.7. The van der Waals surface area contributed by atoms with E-state index in [0.29, 0.717) is 10.0 Å². The number of para-hydroxylation sites is 1. The van der Waals surface area contributed by atoms with Gasteiger partial charge < -0.3 is 10.6 Å². The third-order valence-electron chi connectivity index (χ3n) is 3.28. The summed E-state index contributed by atoms with van der Waals surface area (Å²) in [6.07, 6.45) is 0.903. The van der Waals surface area contributed by atoms with E-state index in [1.54, 1.807) is 18.2 Å². The fraction of sp³-hybridized carbons (Fsp3) is 0.133. The number of amides is 1. The number of fused-ring (bicyclic) bond motifs is 1. The summed E-state index contributed by atoms with van der Waals surface area (Å²) in [4.78, 5) is 12.2. The average molecular weight is 335 g/mol. The van der Waals surface area contributed by atoms with E-state index in [4.69, 9.17) is 0 Å². The standard InChI is InChI=1S/C15H12BrFN2O/c16-11-2-1-3-12(17)14(11)19-15(20)10-4-5-13-9(8-10)6-7-18-13/h1-5,8,18H,6-7H2,(H,19,20). The van der Waals surface area contributed by atoms with Gasteiger partial charge in [0.25, 0.3) is 5.91 Å². The summed E-state index contributed by atoms with van der Waals surface area (Å²) >= 11 is 3.23. The van der Waals surface area contributed by atoms with Crippen molar-refractivity contribution in [3.05, 3.63) is 57.8 Å². The Labute approximate surface area is 124 Å². The molecule has 1 amide bonds. The summed E-state index contributed by atoms with van der Waals surface area (Å²) < 4.78 is 14.2. The van der Waals surface area contributed by atoms with Crippen molar-refractivity contribution in [2.45, 2.75) is 6.42 Å². The molecule has 1 aliphatic rings. The molecule has 102 valence electrons. The number of carbonyl (C=O) groups is 1. The van der Waals surface area contributed by atoms with E-state index in [-0.39, 0.29) is 11.6 Å². The largest absolute Gasteiger partial charge is 0.384 e. The van der Waals surface area contributed by atoms with Crippen LogP contribution in [0.25, 0.3) is 0 Å². The summed E-state index contributed by atoms with van der Waals surface area (Å²) in [5.74, 6) is -0.777. The van der Waals surface area contributed by atoms with Crippen molar-refractivity contribution in [1.29, 1.82) is 0 Å². The van der Waals surface area contributed by atoms with Crippen LogP contribution < -0.4 is 10.6 Å². The molecular weight excluding hydrogens is 323 g/mol. The van der Waals surface area contributed by atoms with Gasteiger partial charge in [0, 0.05) is 22.3 Å². The van der Waals surface area contributed by atoms with Gasteiger partial charge in [0.15, 0.2) is 0 Å². The van der Waals surface area contributed by atoms with Crippen molar-refractivity contribution >= 4 is 33.2 Å². The van der Waals surface area contributed by atoms with Gasteiger partial charge >= 0.3 is 0 Å². The monoisotopic (exact) mass is 334 g/mol. The van der Waals surface area contributed by atoms with Crippen LogP contribution in [0.5, 0.6) is 0 Å². The summed E-state index contributed by atoms with van der Waals surface area (Å²) in [5.41, 5.74) is 2.87. The predicted molar refractivity (Wildman–Crippen MR) is 80.7 cm³/mol. The lowest BCUT2D eigenvalue weighted by Crippen LogP contribution is -2.13. The number of anilines is 2. The molecule has 0 saturated carbocycles. The zero-order valence-electron chi connectivity index (χ0n) is 10.5. The molecule has 3 nitrogen and oxygen atoms in total. The first kappa shape index (κ1) is 13.1. The highest BCUT2D eigenvalue weighted by atomic mass is 79.9. The van der Waals surface area contributed by atoms with Crippen LogP contribution in [-0.2, 0) is 6.42 Å². The second-order valence-electron chi connectivity index (χ2n) is 4.60. The van der Waals surface area contributed by atoms with E-state index >= 15 is 0 Å². The van der Waals surface area contributed by atoms with Gasteiger partial charge in [-0.05, 0) is 58.2 Å². The van der Waals surface area contributed by atoms with Gasteiger partial charge in [0.2, 0.25) is 0 Å². The first-order valence-corrected chi connectivity index (χ1v) is 7.06. The molecule has 0 saturated heterocycles. The molecule has 0 bridgehead atoms. The molecule has 0 spiro atoms. The number of hydrogen-bond acceptors (Lipinski definition) is 2. The molecule has 2 aromatic rings. The Kier molecular flexibility index (Phi) is 3.44. The van der Waals surface area contributed by atoms with Crippen molar-refractivity contribution in [2.75, 3.05) is 17.2 Å². The van der Waals surface area contributed by atoms with Gasteiger partial charge in [-0.1, -0.05) is 6.07 Å². The number of halogens is 2. The maximum absolute atomic E-state index is 13.7. The Balaban J connectivity index is 1.86. The second kappa shape index (κ2) is 5.25. The van der Waals surface area contributed by atoms with Gasteiger partial charge in [-0.2, -0.15) is 0 Å². The van der Waals surface area contributed by atoms with Gasteiger partial charge in [0.1, 0.15) is 5.82 Å². The Morgan fingerprint density at radius 3 is 2.95 bits per heavy atom. The first-order chi connectivity index (χ1) is 9.65. The van der Waals surface area contributed by atoms with E-state index in [2.05, 4.69) is 26.6 Å². The number of hydrogen-bond donors (Lipinski definition) is 2. The number of benzene rings is 2. The quantitative estimate of drug-likeness (QED) is 0.876. The fourth-order valence-corrected chi connectivity index (χ4v) is 2.69. The Bertz CT molecular complexity index is 667. The normalized spacial score (nSPS) is 12.7. The van der Waals surface area contributed by atoms with E-state index in [0.717, 1.165) is 24.2 Å². The molecule has 0 fully saturated rings. The Morgan fingerprint density at radius 1 is 1.30 bits per heavy atom. The smallest absolute Gasteiger partial charge is 0.255 e. The molecule has 0 aliphatic carbocycles. The van der Waals surface area contributed by atoms with Gasteiger partial charge in [-0.25, -0.2) is 4.39 Å². The molecule has 0 atom stereocenters. The highest BCUT2D eigenvalue weighted by Gasteiger charge is 2.15. The van der Waals surface area contributed by atoms with Crippen molar-refractivity contribution in [2.24, 2.45) is 0 Å². The summed E-state index contributed by atoms with van der Waals surface area (Å²) in [5, 5.41) is 5.84. The van der Waals surface area contributed by atoms with E-state index in [1.165, 1.54) is 6.07 Å². The van der Waals surface area contributed by atoms with E-state index in [1.807, 2.05) is 12.1 Å². The third-order valence-corrected chi connectivity index (χ3v) is 3.94. The lowest BCUT2D eigenvalue weighted by molar-refractivity contribution is 0.102. The second-order valence-corrected chi connectivity index (χ2v) is 5.45. The minimum atomic E-state index is -0.462. The van der Waals surface area contributed by atoms with Crippen LogP contribution >= 0.6 is 15.9 Å². The van der Waals surface area contributed by atoms with Gasteiger partial charge in [-0.3, -0.25) is 4.79 Å². The van der Waals surface area contributed by atoms with E-state index < -0.39 is 5.82 Å². The molecule has 0 unspecified atom stereocenters. The molecule has 0 radical (unpaired) electrons. The number of rotatable bonds is 2. The molecule has 1 aliphatic heterocycles. The fourth-order valence-electron chi connectivity index (χ4n) is 2.25. The zero-order chi connectivity index (χ0) is 14.1. The lowest BCUT2D eigenvalue weighted by atomic mass is 10.1. The lowest BCUT2D eigenvalue weighted by Gasteiger charge is -2.09. The van der Waals surface area contributed by atoms with Gasteiger partial charge in [-0.15, -0.1) is 0 Å². The van der Waals surface area contributed by atoms with Crippen molar-refractivity contribution in [1.82, 2.24) is 0 Å². The summed E-state index contributed by atoms with van der Waals surface area (Å²) in [7, 11) is 0. The predicted octanol–water partition coefficient (Wildman–Crippen LogP) is 3.81. The van der Waals surface area contributed by atoms with Crippen molar-refractivity contribution in [3.63, 3.8) is 0 Å². The molecule has 2 aromatic carbocycles. The Morgan fingerprint density at radius 2 is 2.15 bits per heavy atom. The summed E-state index contributed by atoms with van der Waals surface area (Å²) in [6.45, 7) is 0.888. The van der Waals surface area contributed by atoms with Crippen molar-refractivity contribution in [3.8, 4) is 0 Å². The number of nitrogens with one attached hydrogen (secondary N) is 2. The molecule has 5 heteroatoms. The van der Waals surface area contributed by atoms with Crippen molar-refractivity contribution < 1.29 is 9.18 Å². The van der Waals surface area contributed by atoms with Crippen LogP contribution in [0.3, 0.4) is 0 Å². The van der Waals surface area contributed by atoms with Crippen LogP contribution in [0.2, 0.25) is 0 Å².